The lowest BCUT2D eigenvalue weighted by Gasteiger charge is -2.36. The third kappa shape index (κ3) is 6.16. The number of fused-ring (bicyclic) bond motifs is 2. The van der Waals surface area contributed by atoms with Gasteiger partial charge in [0.1, 0.15) is 11.9 Å². The highest BCUT2D eigenvalue weighted by Gasteiger charge is 2.39. The zero-order valence-electron chi connectivity index (χ0n) is 25.1. The van der Waals surface area contributed by atoms with Gasteiger partial charge in [-0.05, 0) is 49.9 Å². The molecule has 1 aliphatic heterocycles. The molecule has 0 unspecified atom stereocenters. The molecular weight excluding hydrogens is 673 g/mol. The van der Waals surface area contributed by atoms with Crippen molar-refractivity contribution in [3.05, 3.63) is 79.8 Å². The summed E-state index contributed by atoms with van der Waals surface area (Å²) < 4.78 is 45.1. The number of thioether (sulfide) groups is 1. The summed E-state index contributed by atoms with van der Waals surface area (Å²) in [6.45, 7) is 3.29. The maximum atomic E-state index is 14.3. The molecule has 9 nitrogen and oxygen atoms in total. The first-order chi connectivity index (χ1) is 22.4. The molecule has 0 bridgehead atoms. The zero-order valence-corrected chi connectivity index (χ0v) is 27.4. The highest BCUT2D eigenvalue weighted by molar-refractivity contribution is 7.99. The molecule has 15 heteroatoms. The van der Waals surface area contributed by atoms with Crippen molar-refractivity contribution in [1.29, 1.82) is 5.26 Å². The van der Waals surface area contributed by atoms with Gasteiger partial charge in [0.25, 0.3) is 5.56 Å². The summed E-state index contributed by atoms with van der Waals surface area (Å²) in [7, 11) is 1.87. The molecule has 0 radical (unpaired) electrons. The third-order valence-corrected chi connectivity index (χ3v) is 10.4. The highest BCUT2D eigenvalue weighted by Crippen LogP contribution is 2.42. The van der Waals surface area contributed by atoms with Gasteiger partial charge in [0.2, 0.25) is 0 Å². The second-order valence-electron chi connectivity index (χ2n) is 11.0. The van der Waals surface area contributed by atoms with Crippen LogP contribution in [-0.2, 0) is 12.7 Å². The molecule has 2 aromatic carbocycles. The van der Waals surface area contributed by atoms with E-state index < -0.39 is 23.3 Å². The first kappa shape index (κ1) is 32.8. The van der Waals surface area contributed by atoms with E-state index >= 15 is 0 Å². The number of aromatic nitrogens is 3. The molecule has 242 valence electrons. The number of pyridine rings is 1. The van der Waals surface area contributed by atoms with E-state index in [9.17, 15) is 33.1 Å². The predicted molar refractivity (Wildman–Crippen MR) is 178 cm³/mol. The number of benzene rings is 2. The molecule has 1 saturated heterocycles. The van der Waals surface area contributed by atoms with Crippen molar-refractivity contribution >= 4 is 67.5 Å². The maximum absolute atomic E-state index is 14.3. The molecule has 0 spiro atoms. The number of halogens is 4. The van der Waals surface area contributed by atoms with Gasteiger partial charge < -0.3 is 14.9 Å². The van der Waals surface area contributed by atoms with E-state index in [1.165, 1.54) is 32.6 Å². The summed E-state index contributed by atoms with van der Waals surface area (Å²) in [5.74, 6) is -0.481. The molecule has 0 atom stereocenters. The van der Waals surface area contributed by atoms with Crippen LogP contribution in [0.5, 0.6) is 0 Å². The van der Waals surface area contributed by atoms with E-state index in [1.807, 2.05) is 24.1 Å². The fourth-order valence-electron chi connectivity index (χ4n) is 5.81. The van der Waals surface area contributed by atoms with Crippen LogP contribution in [0, 0.1) is 18.3 Å². The average Bonchev–Trinajstić information content (AvgIpc) is 3.47. The summed E-state index contributed by atoms with van der Waals surface area (Å²) in [4.78, 5) is 38.6. The number of carboxylic acids is 1. The quantitative estimate of drug-likeness (QED) is 0.184. The van der Waals surface area contributed by atoms with Gasteiger partial charge >= 0.3 is 12.1 Å². The Morgan fingerprint density at radius 2 is 1.91 bits per heavy atom. The van der Waals surface area contributed by atoms with Crippen LogP contribution in [0.1, 0.15) is 27.3 Å². The van der Waals surface area contributed by atoms with E-state index in [0.717, 1.165) is 22.1 Å². The van der Waals surface area contributed by atoms with E-state index in [-0.39, 0.29) is 53.2 Å². The van der Waals surface area contributed by atoms with Gasteiger partial charge in [0.05, 0.1) is 43.5 Å². The Morgan fingerprint density at radius 1 is 1.17 bits per heavy atom. The smallest absolute Gasteiger partial charge is 0.418 e. The number of carbonyl (C=O) groups is 1. The van der Waals surface area contributed by atoms with Crippen LogP contribution in [0.25, 0.3) is 32.2 Å². The summed E-state index contributed by atoms with van der Waals surface area (Å²) in [5.41, 5.74) is -0.332. The molecule has 5 aromatic rings. The van der Waals surface area contributed by atoms with Gasteiger partial charge in [-0.3, -0.25) is 14.3 Å². The van der Waals surface area contributed by atoms with Crippen LogP contribution in [-0.4, -0.2) is 69.5 Å². The fourth-order valence-corrected chi connectivity index (χ4v) is 7.99. The normalized spacial score (nSPS) is 14.2. The summed E-state index contributed by atoms with van der Waals surface area (Å²) in [6, 6.07) is 9.94. The van der Waals surface area contributed by atoms with Crippen molar-refractivity contribution in [2.24, 2.45) is 0 Å². The molecule has 0 amide bonds. The second kappa shape index (κ2) is 12.8. The lowest BCUT2D eigenvalue weighted by molar-refractivity contribution is -0.137. The molecule has 4 heterocycles. The van der Waals surface area contributed by atoms with Crippen LogP contribution in [0.3, 0.4) is 0 Å². The molecule has 1 fully saturated rings. The number of aromatic carboxylic acids is 1. The van der Waals surface area contributed by atoms with Gasteiger partial charge in [0, 0.05) is 65.5 Å². The Bertz CT molecular complexity index is 2150. The van der Waals surface area contributed by atoms with Gasteiger partial charge in [-0.2, -0.15) is 18.4 Å². The van der Waals surface area contributed by atoms with Crippen LogP contribution >= 0.6 is 34.7 Å². The number of carboxylic acid groups (broad SMARTS) is 1. The molecule has 3 aromatic heterocycles. The minimum atomic E-state index is -4.76. The zero-order chi connectivity index (χ0) is 33.6. The molecule has 0 saturated carbocycles. The Labute approximate surface area is 279 Å². The Balaban J connectivity index is 1.37. The van der Waals surface area contributed by atoms with Crippen molar-refractivity contribution in [2.45, 2.75) is 24.5 Å². The summed E-state index contributed by atoms with van der Waals surface area (Å²) in [5, 5.41) is 21.7. The number of hydrogen-bond acceptors (Lipinski definition) is 9. The first-order valence-electron chi connectivity index (χ1n) is 14.4. The second-order valence-corrected chi connectivity index (χ2v) is 13.5. The van der Waals surface area contributed by atoms with E-state index in [2.05, 4.69) is 9.97 Å². The molecule has 0 aliphatic carbocycles. The minimum absolute atomic E-state index is 0.108. The van der Waals surface area contributed by atoms with Gasteiger partial charge in [-0.25, -0.2) is 9.78 Å². The molecular formula is C32H26ClF3N6O3S2. The number of rotatable bonds is 7. The number of alkyl halides is 3. The first-order valence-corrected chi connectivity index (χ1v) is 16.6. The topological polar surface area (TPSA) is 115 Å². The SMILES string of the molecule is Cc1nc2cc(C(F)(F)F)c(N3CCN(C)CC3)c(C#N)c2c(=O)n1CCSc1ccc(Cl)cc1-c1ccnc2c(C(=O)O)csc12. The van der Waals surface area contributed by atoms with Crippen molar-refractivity contribution < 1.29 is 23.1 Å². The number of nitrogens with zero attached hydrogens (tertiary/aromatic N) is 6. The van der Waals surface area contributed by atoms with Crippen molar-refractivity contribution in [2.75, 3.05) is 43.9 Å². The standard InChI is InChI=1S/C32H26ClF3N6O3S2/c1-17-39-24-14-23(32(34,35)36)28(41-9-7-40(2)8-10-41)21(15-37)26(24)30(43)42(17)11-12-46-25-4-3-18(33)13-20(25)19-5-6-38-27-22(31(44)45)16-47-29(19)27/h3-6,13-14,16H,7-12H2,1-2H3,(H,44,45). The number of piperazine rings is 1. The molecule has 47 heavy (non-hydrogen) atoms. The predicted octanol–water partition coefficient (Wildman–Crippen LogP) is 6.77. The third-order valence-electron chi connectivity index (χ3n) is 8.14. The number of nitriles is 1. The number of hydrogen-bond donors (Lipinski definition) is 1. The average molecular weight is 699 g/mol. The van der Waals surface area contributed by atoms with Crippen LogP contribution in [0.15, 0.2) is 51.6 Å². The lowest BCUT2D eigenvalue weighted by atomic mass is 10.00. The van der Waals surface area contributed by atoms with Crippen LogP contribution in [0.4, 0.5) is 18.9 Å². The lowest BCUT2D eigenvalue weighted by Crippen LogP contribution is -2.45. The number of aryl methyl sites for hydroxylation is 1. The summed E-state index contributed by atoms with van der Waals surface area (Å²) >= 11 is 9.07. The number of likely N-dealkylation sites (N-methyl/N-ethyl adjacent to an activating group) is 1. The fraction of sp³-hybridized carbons (Fsp3) is 0.281. The van der Waals surface area contributed by atoms with Gasteiger partial charge in [-0.1, -0.05) is 11.6 Å². The number of thiophene rings is 1. The Kier molecular flexibility index (Phi) is 8.92. The van der Waals surface area contributed by atoms with Crippen LogP contribution < -0.4 is 10.5 Å². The summed E-state index contributed by atoms with van der Waals surface area (Å²) in [6.07, 6.45) is -3.21. The van der Waals surface area contributed by atoms with Gasteiger partial charge in [0.15, 0.2) is 0 Å². The molecule has 1 aliphatic rings. The van der Waals surface area contributed by atoms with E-state index in [4.69, 9.17) is 11.6 Å². The molecule has 6 rings (SSSR count). The number of anilines is 1. The van der Waals surface area contributed by atoms with Crippen molar-refractivity contribution in [3.8, 4) is 17.2 Å². The largest absolute Gasteiger partial charge is 0.478 e. The molecule has 1 N–H and O–H groups in total. The Hall–Kier alpha value is -4.16. The van der Waals surface area contributed by atoms with Crippen molar-refractivity contribution in [3.63, 3.8) is 0 Å². The maximum Gasteiger partial charge on any atom is 0.418 e. The van der Waals surface area contributed by atoms with Crippen LogP contribution in [0.2, 0.25) is 5.02 Å². The van der Waals surface area contributed by atoms with Gasteiger partial charge in [-0.15, -0.1) is 23.1 Å². The van der Waals surface area contributed by atoms with E-state index in [0.29, 0.717) is 34.1 Å². The monoisotopic (exact) mass is 698 g/mol. The Morgan fingerprint density at radius 3 is 2.60 bits per heavy atom. The van der Waals surface area contributed by atoms with Crippen molar-refractivity contribution in [1.82, 2.24) is 19.4 Å². The highest BCUT2D eigenvalue weighted by atomic mass is 35.5. The minimum Gasteiger partial charge on any atom is -0.478 e. The van der Waals surface area contributed by atoms with E-state index in [1.54, 1.807) is 36.7 Å².